The molecule has 114 valence electrons. The number of hydrogen-bond acceptors (Lipinski definition) is 4. The van der Waals surface area contributed by atoms with E-state index in [9.17, 15) is 4.79 Å². The largest absolute Gasteiger partial charge is 0.343 e. The van der Waals surface area contributed by atoms with E-state index in [4.69, 9.17) is 11.6 Å². The molecule has 1 amide bonds. The molecule has 3 heterocycles. The zero-order valence-corrected chi connectivity index (χ0v) is 14.0. The first kappa shape index (κ1) is 15.1. The monoisotopic (exact) mass is 372 g/mol. The molecule has 1 atom stereocenters. The standard InChI is InChI=1S/C14H18BrClN4O/c15-10-8-11(16)13(18-9-10)20-5-1-2-12(20)14(21)19-6-3-17-4-7-19/h8-9,12,17H,1-7H2. The number of hydrogen-bond donors (Lipinski definition) is 1. The summed E-state index contributed by atoms with van der Waals surface area (Å²) in [6.07, 6.45) is 3.60. The first-order chi connectivity index (χ1) is 10.2. The first-order valence-electron chi connectivity index (χ1n) is 7.24. The lowest BCUT2D eigenvalue weighted by Gasteiger charge is -2.33. The minimum Gasteiger partial charge on any atom is -0.343 e. The predicted octanol–water partition coefficient (Wildman–Crippen LogP) is 1.90. The maximum atomic E-state index is 12.7. The zero-order valence-electron chi connectivity index (χ0n) is 11.7. The number of piperazine rings is 1. The van der Waals surface area contributed by atoms with Crippen LogP contribution in [0, 0.1) is 0 Å². The van der Waals surface area contributed by atoms with Crippen LogP contribution in [0.3, 0.4) is 0 Å². The second kappa shape index (κ2) is 6.50. The molecular weight excluding hydrogens is 356 g/mol. The van der Waals surface area contributed by atoms with E-state index in [1.807, 2.05) is 11.0 Å². The summed E-state index contributed by atoms with van der Waals surface area (Å²) in [6.45, 7) is 4.14. The summed E-state index contributed by atoms with van der Waals surface area (Å²) in [5.74, 6) is 0.917. The van der Waals surface area contributed by atoms with Crippen molar-refractivity contribution in [3.63, 3.8) is 0 Å². The van der Waals surface area contributed by atoms with Gasteiger partial charge in [0.25, 0.3) is 0 Å². The Morgan fingerprint density at radius 1 is 1.38 bits per heavy atom. The van der Waals surface area contributed by atoms with Crippen molar-refractivity contribution in [2.45, 2.75) is 18.9 Å². The quantitative estimate of drug-likeness (QED) is 0.860. The van der Waals surface area contributed by atoms with E-state index in [0.717, 1.165) is 50.0 Å². The van der Waals surface area contributed by atoms with Crippen LogP contribution in [0.4, 0.5) is 5.82 Å². The average molecular weight is 374 g/mol. The number of amides is 1. The highest BCUT2D eigenvalue weighted by Crippen LogP contribution is 2.32. The van der Waals surface area contributed by atoms with Crippen molar-refractivity contribution in [2.24, 2.45) is 0 Å². The zero-order chi connectivity index (χ0) is 14.8. The molecule has 5 nitrogen and oxygen atoms in total. The molecular formula is C14H18BrClN4O. The van der Waals surface area contributed by atoms with Gasteiger partial charge in [0.05, 0.1) is 5.02 Å². The molecule has 1 aromatic heterocycles. The molecule has 0 spiro atoms. The molecule has 2 aliphatic rings. The number of halogens is 2. The summed E-state index contributed by atoms with van der Waals surface area (Å²) in [6, 6.07) is 1.70. The molecule has 7 heteroatoms. The van der Waals surface area contributed by atoms with Crippen molar-refractivity contribution in [3.05, 3.63) is 21.8 Å². The molecule has 2 aliphatic heterocycles. The normalized spacial score (nSPS) is 22.7. The van der Waals surface area contributed by atoms with Gasteiger partial charge in [-0.1, -0.05) is 11.6 Å². The molecule has 1 N–H and O–H groups in total. The maximum Gasteiger partial charge on any atom is 0.245 e. The number of aromatic nitrogens is 1. The SMILES string of the molecule is O=C(C1CCCN1c1ncc(Br)cc1Cl)N1CCNCC1. The van der Waals surface area contributed by atoms with Crippen molar-refractivity contribution in [3.8, 4) is 0 Å². The van der Waals surface area contributed by atoms with Crippen LogP contribution in [0.5, 0.6) is 0 Å². The minimum absolute atomic E-state index is 0.130. The Bertz CT molecular complexity index is 536. The number of nitrogens with zero attached hydrogens (tertiary/aromatic N) is 3. The van der Waals surface area contributed by atoms with Crippen LogP contribution >= 0.6 is 27.5 Å². The first-order valence-corrected chi connectivity index (χ1v) is 8.41. The van der Waals surface area contributed by atoms with E-state index >= 15 is 0 Å². The number of anilines is 1. The maximum absolute atomic E-state index is 12.7. The lowest BCUT2D eigenvalue weighted by Crippen LogP contribution is -2.52. The van der Waals surface area contributed by atoms with Gasteiger partial charge in [-0.25, -0.2) is 4.98 Å². The summed E-state index contributed by atoms with van der Waals surface area (Å²) in [4.78, 5) is 21.1. The van der Waals surface area contributed by atoms with Gasteiger partial charge in [-0.05, 0) is 34.8 Å². The third-order valence-corrected chi connectivity index (χ3v) is 4.74. The molecule has 0 radical (unpaired) electrons. The van der Waals surface area contributed by atoms with Crippen molar-refractivity contribution >= 4 is 39.3 Å². The van der Waals surface area contributed by atoms with E-state index in [1.165, 1.54) is 0 Å². The summed E-state index contributed by atoms with van der Waals surface area (Å²) in [5, 5.41) is 3.86. The van der Waals surface area contributed by atoms with Crippen molar-refractivity contribution in [1.29, 1.82) is 0 Å². The third-order valence-electron chi connectivity index (χ3n) is 4.03. The molecule has 0 aliphatic carbocycles. The predicted molar refractivity (Wildman–Crippen MR) is 86.8 cm³/mol. The Balaban J connectivity index is 1.80. The summed E-state index contributed by atoms with van der Waals surface area (Å²) < 4.78 is 0.848. The van der Waals surface area contributed by atoms with Crippen LogP contribution in [-0.2, 0) is 4.79 Å². The van der Waals surface area contributed by atoms with Crippen LogP contribution in [-0.4, -0.2) is 54.6 Å². The Morgan fingerprint density at radius 2 is 2.14 bits per heavy atom. The summed E-state index contributed by atoms with van der Waals surface area (Å²) in [5.41, 5.74) is 0. The van der Waals surface area contributed by atoms with E-state index in [2.05, 4.69) is 31.1 Å². The van der Waals surface area contributed by atoms with Crippen LogP contribution in [0.25, 0.3) is 0 Å². The smallest absolute Gasteiger partial charge is 0.245 e. The number of carbonyl (C=O) groups excluding carboxylic acids is 1. The van der Waals surface area contributed by atoms with Gasteiger partial charge >= 0.3 is 0 Å². The van der Waals surface area contributed by atoms with E-state index in [1.54, 1.807) is 6.20 Å². The molecule has 0 aromatic carbocycles. The Hall–Kier alpha value is -0.850. The highest BCUT2D eigenvalue weighted by atomic mass is 79.9. The van der Waals surface area contributed by atoms with Gasteiger partial charge < -0.3 is 15.1 Å². The molecule has 0 saturated carbocycles. The lowest BCUT2D eigenvalue weighted by atomic mass is 10.1. The number of carbonyl (C=O) groups is 1. The molecule has 0 bridgehead atoms. The fourth-order valence-corrected chi connectivity index (χ4v) is 3.73. The fourth-order valence-electron chi connectivity index (χ4n) is 2.99. The number of nitrogens with one attached hydrogen (secondary N) is 1. The second-order valence-electron chi connectivity index (χ2n) is 5.39. The average Bonchev–Trinajstić information content (AvgIpc) is 2.96. The van der Waals surface area contributed by atoms with Crippen LogP contribution < -0.4 is 10.2 Å². The van der Waals surface area contributed by atoms with Crippen LogP contribution in [0.15, 0.2) is 16.7 Å². The van der Waals surface area contributed by atoms with Gasteiger partial charge in [-0.3, -0.25) is 4.79 Å². The Kier molecular flexibility index (Phi) is 4.66. The molecule has 1 unspecified atom stereocenters. The summed E-state index contributed by atoms with van der Waals surface area (Å²) in [7, 11) is 0. The van der Waals surface area contributed by atoms with Gasteiger partial charge in [-0.15, -0.1) is 0 Å². The minimum atomic E-state index is -0.130. The third kappa shape index (κ3) is 3.17. The highest BCUT2D eigenvalue weighted by Gasteiger charge is 2.35. The van der Waals surface area contributed by atoms with Crippen molar-refractivity contribution < 1.29 is 4.79 Å². The van der Waals surface area contributed by atoms with Gasteiger partial charge in [0.2, 0.25) is 5.91 Å². The van der Waals surface area contributed by atoms with Crippen molar-refractivity contribution in [1.82, 2.24) is 15.2 Å². The topological polar surface area (TPSA) is 48.5 Å². The van der Waals surface area contributed by atoms with Gasteiger partial charge in [0, 0.05) is 43.4 Å². The second-order valence-corrected chi connectivity index (χ2v) is 6.71. The van der Waals surface area contributed by atoms with Gasteiger partial charge in [-0.2, -0.15) is 0 Å². The van der Waals surface area contributed by atoms with Crippen molar-refractivity contribution in [2.75, 3.05) is 37.6 Å². The van der Waals surface area contributed by atoms with E-state index < -0.39 is 0 Å². The number of rotatable bonds is 2. The van der Waals surface area contributed by atoms with Gasteiger partial charge in [0.1, 0.15) is 11.9 Å². The summed E-state index contributed by atoms with van der Waals surface area (Å²) >= 11 is 9.66. The van der Waals surface area contributed by atoms with E-state index in [-0.39, 0.29) is 11.9 Å². The molecule has 21 heavy (non-hydrogen) atoms. The highest BCUT2D eigenvalue weighted by molar-refractivity contribution is 9.10. The van der Waals surface area contributed by atoms with Gasteiger partial charge in [0.15, 0.2) is 0 Å². The Morgan fingerprint density at radius 3 is 2.86 bits per heavy atom. The lowest BCUT2D eigenvalue weighted by molar-refractivity contribution is -0.133. The number of pyridine rings is 1. The Labute approximate surface area is 137 Å². The molecule has 3 rings (SSSR count). The van der Waals surface area contributed by atoms with Crippen LogP contribution in [0.1, 0.15) is 12.8 Å². The molecule has 2 fully saturated rings. The molecule has 1 aromatic rings. The molecule has 2 saturated heterocycles. The van der Waals surface area contributed by atoms with Crippen LogP contribution in [0.2, 0.25) is 5.02 Å². The fraction of sp³-hybridized carbons (Fsp3) is 0.571. The van der Waals surface area contributed by atoms with E-state index in [0.29, 0.717) is 10.8 Å².